The van der Waals surface area contributed by atoms with E-state index in [1.807, 2.05) is 24.4 Å². The summed E-state index contributed by atoms with van der Waals surface area (Å²) in [5.41, 5.74) is 6.50. The highest BCUT2D eigenvalue weighted by molar-refractivity contribution is 5.92. The number of ether oxygens (including phenoxy) is 1. The van der Waals surface area contributed by atoms with Gasteiger partial charge in [-0.05, 0) is 36.5 Å². The summed E-state index contributed by atoms with van der Waals surface area (Å²) in [5.74, 6) is -0.437. The number of carbonyl (C=O) groups is 1. The smallest absolute Gasteiger partial charge is 0.359 e. The maximum Gasteiger partial charge on any atom is 0.359 e. The van der Waals surface area contributed by atoms with Crippen molar-refractivity contribution in [3.63, 3.8) is 0 Å². The lowest BCUT2D eigenvalue weighted by molar-refractivity contribution is 0.0516. The molecule has 0 aliphatic heterocycles. The van der Waals surface area contributed by atoms with Crippen LogP contribution >= 0.6 is 0 Å². The van der Waals surface area contributed by atoms with E-state index < -0.39 is 11.5 Å². The summed E-state index contributed by atoms with van der Waals surface area (Å²) in [6.07, 6.45) is 3.16. The van der Waals surface area contributed by atoms with Crippen molar-refractivity contribution in [2.75, 3.05) is 13.2 Å². The molecule has 2 heterocycles. The van der Waals surface area contributed by atoms with E-state index in [0.717, 1.165) is 39.2 Å². The fourth-order valence-corrected chi connectivity index (χ4v) is 5.91. The molecule has 0 saturated carbocycles. The Balaban J connectivity index is 1.65. The first-order valence-electron chi connectivity index (χ1n) is 13.3. The number of rotatable bonds is 8. The van der Waals surface area contributed by atoms with Crippen LogP contribution in [0.1, 0.15) is 45.4 Å². The number of esters is 1. The molecule has 1 aliphatic carbocycles. The molecule has 0 radical (unpaired) electrons. The zero-order valence-electron chi connectivity index (χ0n) is 21.8. The second kappa shape index (κ2) is 10.3. The van der Waals surface area contributed by atoms with E-state index in [1.165, 1.54) is 0 Å². The standard InChI is InChI=1S/C32H30N4O3/c1-2-39-31(38)29-26-18-19-28-27(30(26)35(34-29)20-21-37)22-33-36(28)32(23-12-6-3-7-13-23,24-14-8-4-9-15-24)25-16-10-5-11-17-25/h3-17,22,37H,2,18-21H2,1H3. The Bertz CT molecular complexity index is 1490. The van der Waals surface area contributed by atoms with Crippen molar-refractivity contribution in [2.45, 2.75) is 31.8 Å². The van der Waals surface area contributed by atoms with Crippen LogP contribution in [0.15, 0.2) is 97.2 Å². The molecule has 39 heavy (non-hydrogen) atoms. The minimum Gasteiger partial charge on any atom is -0.461 e. The van der Waals surface area contributed by atoms with Gasteiger partial charge in [0.05, 0.1) is 31.6 Å². The Labute approximate surface area is 227 Å². The van der Waals surface area contributed by atoms with Crippen LogP contribution in [-0.4, -0.2) is 43.9 Å². The van der Waals surface area contributed by atoms with Gasteiger partial charge in [-0.3, -0.25) is 4.68 Å². The van der Waals surface area contributed by atoms with Gasteiger partial charge in [0.1, 0.15) is 5.54 Å². The maximum absolute atomic E-state index is 12.8. The zero-order valence-corrected chi connectivity index (χ0v) is 21.8. The Morgan fingerprint density at radius 3 is 1.97 bits per heavy atom. The number of aliphatic hydroxyl groups excluding tert-OH is 1. The molecule has 5 aromatic rings. The van der Waals surface area contributed by atoms with Gasteiger partial charge in [-0.1, -0.05) is 91.0 Å². The van der Waals surface area contributed by atoms with E-state index in [-0.39, 0.29) is 19.8 Å². The highest BCUT2D eigenvalue weighted by atomic mass is 16.5. The van der Waals surface area contributed by atoms with E-state index in [1.54, 1.807) is 11.6 Å². The molecule has 0 spiro atoms. The second-order valence-electron chi connectivity index (χ2n) is 9.57. The average molecular weight is 519 g/mol. The average Bonchev–Trinajstić information content (AvgIpc) is 3.58. The molecule has 3 aromatic carbocycles. The third-order valence-corrected chi connectivity index (χ3v) is 7.46. The first-order chi connectivity index (χ1) is 19.2. The lowest BCUT2D eigenvalue weighted by Crippen LogP contribution is -2.40. The summed E-state index contributed by atoms with van der Waals surface area (Å²) in [4.78, 5) is 12.8. The predicted molar refractivity (Wildman–Crippen MR) is 149 cm³/mol. The van der Waals surface area contributed by atoms with E-state index in [4.69, 9.17) is 9.84 Å². The first-order valence-corrected chi connectivity index (χ1v) is 13.3. The Hall–Kier alpha value is -4.49. The van der Waals surface area contributed by atoms with E-state index in [0.29, 0.717) is 18.5 Å². The SMILES string of the molecule is CCOC(=O)c1nn(CCO)c2c1CCc1c-2cnn1C(c1ccccc1)(c1ccccc1)c1ccccc1. The normalized spacial score (nSPS) is 12.6. The number of carbonyl (C=O) groups excluding carboxylic acids is 1. The van der Waals surface area contributed by atoms with Crippen molar-refractivity contribution >= 4 is 5.97 Å². The van der Waals surface area contributed by atoms with Gasteiger partial charge in [0.2, 0.25) is 0 Å². The molecule has 0 unspecified atom stereocenters. The van der Waals surface area contributed by atoms with Gasteiger partial charge in [-0.15, -0.1) is 0 Å². The van der Waals surface area contributed by atoms with Crippen LogP contribution in [0.25, 0.3) is 11.3 Å². The van der Waals surface area contributed by atoms with Crippen LogP contribution in [0.2, 0.25) is 0 Å². The fourth-order valence-electron chi connectivity index (χ4n) is 5.91. The highest BCUT2D eigenvalue weighted by Gasteiger charge is 2.42. The largest absolute Gasteiger partial charge is 0.461 e. The molecular formula is C32H30N4O3. The summed E-state index contributed by atoms with van der Waals surface area (Å²) in [5, 5.41) is 19.5. The maximum atomic E-state index is 12.8. The minimum atomic E-state index is -0.735. The van der Waals surface area contributed by atoms with Crippen molar-refractivity contribution in [1.29, 1.82) is 0 Å². The number of aromatic nitrogens is 4. The lowest BCUT2D eigenvalue weighted by atomic mass is 9.76. The van der Waals surface area contributed by atoms with Gasteiger partial charge in [0.25, 0.3) is 0 Å². The molecule has 7 heteroatoms. The number of fused-ring (bicyclic) bond motifs is 3. The van der Waals surface area contributed by atoms with Crippen LogP contribution in [0.3, 0.4) is 0 Å². The fraction of sp³-hybridized carbons (Fsp3) is 0.219. The number of aliphatic hydroxyl groups is 1. The molecule has 0 amide bonds. The molecule has 2 aromatic heterocycles. The van der Waals surface area contributed by atoms with Gasteiger partial charge < -0.3 is 9.84 Å². The first kappa shape index (κ1) is 24.8. The molecule has 0 bridgehead atoms. The summed E-state index contributed by atoms with van der Waals surface area (Å²) < 4.78 is 9.18. The van der Waals surface area contributed by atoms with Gasteiger partial charge in [-0.2, -0.15) is 10.2 Å². The molecule has 0 fully saturated rings. The molecular weight excluding hydrogens is 488 g/mol. The van der Waals surface area contributed by atoms with Crippen molar-refractivity contribution in [2.24, 2.45) is 0 Å². The number of nitrogens with zero attached hydrogens (tertiary/aromatic N) is 4. The van der Waals surface area contributed by atoms with Crippen molar-refractivity contribution < 1.29 is 14.6 Å². The molecule has 6 rings (SSSR count). The number of hydrogen-bond acceptors (Lipinski definition) is 5. The van der Waals surface area contributed by atoms with Gasteiger partial charge in [0.15, 0.2) is 5.69 Å². The van der Waals surface area contributed by atoms with E-state index in [9.17, 15) is 9.90 Å². The van der Waals surface area contributed by atoms with Gasteiger partial charge >= 0.3 is 5.97 Å². The van der Waals surface area contributed by atoms with Crippen LogP contribution in [-0.2, 0) is 29.7 Å². The summed E-state index contributed by atoms with van der Waals surface area (Å²) in [6, 6.07) is 31.4. The number of benzene rings is 3. The third kappa shape index (κ3) is 3.97. The zero-order chi connectivity index (χ0) is 26.8. The van der Waals surface area contributed by atoms with Crippen LogP contribution in [0.4, 0.5) is 0 Å². The van der Waals surface area contributed by atoms with Gasteiger partial charge in [0, 0.05) is 16.8 Å². The predicted octanol–water partition coefficient (Wildman–Crippen LogP) is 4.85. The molecule has 0 saturated heterocycles. The molecule has 1 aliphatic rings. The molecule has 7 nitrogen and oxygen atoms in total. The lowest BCUT2D eigenvalue weighted by Gasteiger charge is -2.38. The summed E-state index contributed by atoms with van der Waals surface area (Å²) >= 11 is 0. The quantitative estimate of drug-likeness (QED) is 0.235. The van der Waals surface area contributed by atoms with Gasteiger partial charge in [-0.25, -0.2) is 9.48 Å². The molecule has 1 N–H and O–H groups in total. The third-order valence-electron chi connectivity index (χ3n) is 7.46. The van der Waals surface area contributed by atoms with Crippen molar-refractivity contribution in [3.05, 3.63) is 131 Å². The topological polar surface area (TPSA) is 82.2 Å². The molecule has 196 valence electrons. The minimum absolute atomic E-state index is 0.0954. The Morgan fingerprint density at radius 1 is 0.897 bits per heavy atom. The monoisotopic (exact) mass is 518 g/mol. The highest BCUT2D eigenvalue weighted by Crippen LogP contribution is 2.45. The Kier molecular flexibility index (Phi) is 6.59. The van der Waals surface area contributed by atoms with E-state index >= 15 is 0 Å². The summed E-state index contributed by atoms with van der Waals surface area (Å²) in [7, 11) is 0. The van der Waals surface area contributed by atoms with Crippen LogP contribution in [0, 0.1) is 0 Å². The summed E-state index contributed by atoms with van der Waals surface area (Å²) in [6.45, 7) is 2.24. The second-order valence-corrected chi connectivity index (χ2v) is 9.57. The molecule has 0 atom stereocenters. The van der Waals surface area contributed by atoms with Crippen molar-refractivity contribution in [1.82, 2.24) is 19.6 Å². The number of hydrogen-bond donors (Lipinski definition) is 1. The Morgan fingerprint density at radius 2 is 1.46 bits per heavy atom. The van der Waals surface area contributed by atoms with Crippen molar-refractivity contribution in [3.8, 4) is 11.3 Å². The van der Waals surface area contributed by atoms with E-state index in [2.05, 4.69) is 82.6 Å². The van der Waals surface area contributed by atoms with Crippen LogP contribution in [0.5, 0.6) is 0 Å². The van der Waals surface area contributed by atoms with Crippen LogP contribution < -0.4 is 0 Å².